The number of sulfonamides is 1. The van der Waals surface area contributed by atoms with E-state index in [1.165, 1.54) is 39.8 Å². The predicted molar refractivity (Wildman–Crippen MR) is 126 cm³/mol. The lowest BCUT2D eigenvalue weighted by Crippen LogP contribution is -2.30. The fraction of sp³-hybridized carbons (Fsp3) is 0.200. The molecule has 9 heteroatoms. The normalized spacial score (nSPS) is 13.1. The van der Waals surface area contributed by atoms with Crippen molar-refractivity contribution in [1.82, 2.24) is 4.90 Å². The molecule has 4 rings (SSSR count). The van der Waals surface area contributed by atoms with Crippen LogP contribution in [0.15, 0.2) is 82.3 Å². The van der Waals surface area contributed by atoms with Crippen LogP contribution in [0.25, 0.3) is 6.08 Å². The highest BCUT2D eigenvalue weighted by molar-refractivity contribution is 7.92. The smallest absolute Gasteiger partial charge is 0.331 e. The first kappa shape index (κ1) is 23.3. The highest BCUT2D eigenvalue weighted by Crippen LogP contribution is 2.32. The molecule has 1 aromatic heterocycles. The number of carbonyl (C=O) groups is 2. The number of amides is 1. The minimum absolute atomic E-state index is 0.175. The number of rotatable bonds is 8. The lowest BCUT2D eigenvalue weighted by atomic mass is 10.2. The molecule has 0 spiro atoms. The number of furan rings is 1. The Hall–Kier alpha value is -3.85. The van der Waals surface area contributed by atoms with Crippen LogP contribution >= 0.6 is 0 Å². The summed E-state index contributed by atoms with van der Waals surface area (Å²) in [6, 6.07) is 17.2. The van der Waals surface area contributed by atoms with Gasteiger partial charge in [0.15, 0.2) is 6.61 Å². The maximum Gasteiger partial charge on any atom is 0.331 e. The molecular formula is C25H24N2O6S. The second kappa shape index (κ2) is 9.96. The highest BCUT2D eigenvalue weighted by Gasteiger charge is 2.30. The quantitative estimate of drug-likeness (QED) is 0.363. The summed E-state index contributed by atoms with van der Waals surface area (Å²) in [5.41, 5.74) is 2.34. The van der Waals surface area contributed by atoms with Gasteiger partial charge in [-0.2, -0.15) is 0 Å². The summed E-state index contributed by atoms with van der Waals surface area (Å²) in [6.07, 6.45) is 4.90. The Morgan fingerprint density at radius 3 is 2.59 bits per heavy atom. The molecule has 2 heterocycles. The van der Waals surface area contributed by atoms with Crippen LogP contribution in [0.5, 0.6) is 0 Å². The number of carbonyl (C=O) groups excluding carboxylic acids is 2. The molecule has 2 aromatic carbocycles. The third-order valence-corrected chi connectivity index (χ3v) is 7.29. The third kappa shape index (κ3) is 5.20. The number of nitrogens with zero attached hydrogens (tertiary/aromatic N) is 2. The molecule has 0 saturated heterocycles. The average Bonchev–Trinajstić information content (AvgIpc) is 3.51. The number of hydrogen-bond donors (Lipinski definition) is 0. The Bertz CT molecular complexity index is 1300. The summed E-state index contributed by atoms with van der Waals surface area (Å²) in [5, 5.41) is 0. The van der Waals surface area contributed by atoms with Gasteiger partial charge in [-0.1, -0.05) is 30.3 Å². The van der Waals surface area contributed by atoms with Gasteiger partial charge in [0, 0.05) is 19.7 Å². The number of anilines is 1. The van der Waals surface area contributed by atoms with Gasteiger partial charge in [0.05, 0.1) is 23.4 Å². The fourth-order valence-electron chi connectivity index (χ4n) is 3.62. The Kier molecular flexibility index (Phi) is 6.83. The van der Waals surface area contributed by atoms with Gasteiger partial charge in [0.2, 0.25) is 0 Å². The summed E-state index contributed by atoms with van der Waals surface area (Å²) in [7, 11) is -2.09. The maximum atomic E-state index is 13.1. The van der Waals surface area contributed by atoms with E-state index in [9.17, 15) is 18.0 Å². The second-order valence-corrected chi connectivity index (χ2v) is 9.66. The van der Waals surface area contributed by atoms with Gasteiger partial charge in [0.1, 0.15) is 5.76 Å². The van der Waals surface area contributed by atoms with Gasteiger partial charge in [-0.25, -0.2) is 13.2 Å². The van der Waals surface area contributed by atoms with E-state index < -0.39 is 22.6 Å². The Labute approximate surface area is 198 Å². The predicted octanol–water partition coefficient (Wildman–Crippen LogP) is 3.25. The number of likely N-dealkylation sites (N-methyl/N-ethyl adjacent to an activating group) is 1. The van der Waals surface area contributed by atoms with Crippen LogP contribution in [0.1, 0.15) is 16.9 Å². The molecule has 34 heavy (non-hydrogen) atoms. The number of hydrogen-bond acceptors (Lipinski definition) is 6. The summed E-state index contributed by atoms with van der Waals surface area (Å²) in [4.78, 5) is 25.6. The van der Waals surface area contributed by atoms with E-state index in [2.05, 4.69) is 0 Å². The van der Waals surface area contributed by atoms with E-state index in [0.29, 0.717) is 30.0 Å². The van der Waals surface area contributed by atoms with Crippen molar-refractivity contribution < 1.29 is 27.2 Å². The number of benzene rings is 2. The van der Waals surface area contributed by atoms with Crippen LogP contribution in [0, 0.1) is 0 Å². The van der Waals surface area contributed by atoms with Crippen LogP contribution in [0.3, 0.4) is 0 Å². The van der Waals surface area contributed by atoms with Crippen molar-refractivity contribution in [2.75, 3.05) is 24.5 Å². The van der Waals surface area contributed by atoms with Crippen LogP contribution in [-0.4, -0.2) is 45.4 Å². The monoisotopic (exact) mass is 480 g/mol. The zero-order chi connectivity index (χ0) is 24.1. The largest absolute Gasteiger partial charge is 0.467 e. The first-order valence-corrected chi connectivity index (χ1v) is 12.1. The molecule has 0 fully saturated rings. The molecular weight excluding hydrogens is 456 g/mol. The molecule has 3 aromatic rings. The van der Waals surface area contributed by atoms with Crippen molar-refractivity contribution in [2.45, 2.75) is 17.9 Å². The van der Waals surface area contributed by atoms with Crippen LogP contribution in [0.4, 0.5) is 5.69 Å². The molecule has 0 bridgehead atoms. The van der Waals surface area contributed by atoms with Gasteiger partial charge in [0.25, 0.3) is 15.9 Å². The van der Waals surface area contributed by atoms with Crippen molar-refractivity contribution in [1.29, 1.82) is 0 Å². The molecule has 1 amide bonds. The van der Waals surface area contributed by atoms with Crippen molar-refractivity contribution >= 4 is 33.7 Å². The van der Waals surface area contributed by atoms with Gasteiger partial charge in [-0.15, -0.1) is 0 Å². The highest BCUT2D eigenvalue weighted by atomic mass is 32.2. The molecule has 0 unspecified atom stereocenters. The minimum atomic E-state index is -3.68. The van der Waals surface area contributed by atoms with Crippen molar-refractivity contribution in [3.63, 3.8) is 0 Å². The molecule has 0 aliphatic carbocycles. The number of ether oxygens (including phenoxy) is 1. The van der Waals surface area contributed by atoms with Crippen LogP contribution in [-0.2, 0) is 37.3 Å². The van der Waals surface area contributed by atoms with Gasteiger partial charge in [-0.3, -0.25) is 9.10 Å². The molecule has 176 valence electrons. The number of esters is 1. The number of para-hydroxylation sites is 1. The Morgan fingerprint density at radius 1 is 1.09 bits per heavy atom. The second-order valence-electron chi connectivity index (χ2n) is 7.80. The first-order valence-electron chi connectivity index (χ1n) is 10.7. The van der Waals surface area contributed by atoms with Crippen LogP contribution < -0.4 is 4.31 Å². The Morgan fingerprint density at radius 2 is 1.85 bits per heavy atom. The summed E-state index contributed by atoms with van der Waals surface area (Å²) < 4.78 is 37.7. The van der Waals surface area contributed by atoms with E-state index in [0.717, 1.165) is 5.56 Å². The molecule has 0 radical (unpaired) electrons. The lowest BCUT2D eigenvalue weighted by Gasteiger charge is -2.19. The van der Waals surface area contributed by atoms with E-state index in [4.69, 9.17) is 9.15 Å². The summed E-state index contributed by atoms with van der Waals surface area (Å²) in [5.74, 6) is -0.414. The molecule has 1 aliphatic rings. The third-order valence-electron chi connectivity index (χ3n) is 5.46. The molecule has 8 nitrogen and oxygen atoms in total. The summed E-state index contributed by atoms with van der Waals surface area (Å²) >= 11 is 0. The SMILES string of the molecule is CN(Cc1ccco1)C(=O)COC(=O)/C=C/c1ccc(S(=O)(=O)N2CCc3ccccc32)cc1. The first-order chi connectivity index (χ1) is 16.3. The van der Waals surface area contributed by atoms with E-state index >= 15 is 0 Å². The van der Waals surface area contributed by atoms with Gasteiger partial charge < -0.3 is 14.1 Å². The van der Waals surface area contributed by atoms with Crippen molar-refractivity contribution in [3.8, 4) is 0 Å². The van der Waals surface area contributed by atoms with E-state index in [1.54, 1.807) is 31.3 Å². The van der Waals surface area contributed by atoms with Crippen molar-refractivity contribution in [2.24, 2.45) is 0 Å². The average molecular weight is 481 g/mol. The number of fused-ring (bicyclic) bond motifs is 1. The maximum absolute atomic E-state index is 13.1. The van der Waals surface area contributed by atoms with Crippen LogP contribution in [0.2, 0.25) is 0 Å². The standard InChI is InChI=1S/C25H24N2O6S/c1-26(17-21-6-4-16-32-21)24(28)18-33-25(29)13-10-19-8-11-22(12-9-19)34(30,31)27-15-14-20-5-2-3-7-23(20)27/h2-13,16H,14-15,17-18H2,1H3/b13-10+. The molecule has 0 N–H and O–H groups in total. The van der Waals surface area contributed by atoms with Gasteiger partial charge >= 0.3 is 5.97 Å². The molecule has 0 atom stereocenters. The fourth-order valence-corrected chi connectivity index (χ4v) is 5.12. The Balaban J connectivity index is 1.32. The minimum Gasteiger partial charge on any atom is -0.467 e. The van der Waals surface area contributed by atoms with E-state index in [-0.39, 0.29) is 17.3 Å². The van der Waals surface area contributed by atoms with E-state index in [1.807, 2.05) is 24.3 Å². The van der Waals surface area contributed by atoms with Crippen molar-refractivity contribution in [3.05, 3.63) is 89.9 Å². The topological polar surface area (TPSA) is 97.1 Å². The molecule has 1 aliphatic heterocycles. The zero-order valence-corrected chi connectivity index (χ0v) is 19.4. The molecule has 0 saturated carbocycles. The van der Waals surface area contributed by atoms with Gasteiger partial charge in [-0.05, 0) is 54.0 Å². The zero-order valence-electron chi connectivity index (χ0n) is 18.6. The lowest BCUT2D eigenvalue weighted by molar-refractivity contribution is -0.147. The summed E-state index contributed by atoms with van der Waals surface area (Å²) in [6.45, 7) is 0.289.